The maximum Gasteiger partial charge on any atom is 0.211 e. The van der Waals surface area contributed by atoms with E-state index in [4.69, 9.17) is 9.88 Å². The average molecular weight is 193 g/mol. The molecule has 4 nitrogen and oxygen atoms in total. The van der Waals surface area contributed by atoms with Crippen LogP contribution in [-0.4, -0.2) is 26.9 Å². The van der Waals surface area contributed by atoms with E-state index in [1.807, 2.05) is 0 Å². The van der Waals surface area contributed by atoms with Crippen molar-refractivity contribution in [3.05, 3.63) is 12.7 Å². The first kappa shape index (κ1) is 11.6. The van der Waals surface area contributed by atoms with Crippen molar-refractivity contribution in [1.82, 2.24) is 0 Å². The van der Waals surface area contributed by atoms with Gasteiger partial charge >= 0.3 is 0 Å². The van der Waals surface area contributed by atoms with E-state index in [0.29, 0.717) is 6.42 Å². The highest BCUT2D eigenvalue weighted by Crippen LogP contribution is 2.07. The van der Waals surface area contributed by atoms with Crippen molar-refractivity contribution in [3.8, 4) is 0 Å². The van der Waals surface area contributed by atoms with Gasteiger partial charge in [0.05, 0.1) is 11.4 Å². The zero-order valence-corrected chi connectivity index (χ0v) is 8.17. The molecule has 0 aliphatic rings. The molecule has 5 heteroatoms. The van der Waals surface area contributed by atoms with E-state index in [1.54, 1.807) is 13.0 Å². The molecule has 72 valence electrons. The van der Waals surface area contributed by atoms with Crippen molar-refractivity contribution in [2.45, 2.75) is 24.7 Å². The van der Waals surface area contributed by atoms with Gasteiger partial charge in [-0.2, -0.15) is 0 Å². The normalized spacial score (nSPS) is 16.9. The minimum absolute atomic E-state index is 0.252. The van der Waals surface area contributed by atoms with Crippen LogP contribution in [0.5, 0.6) is 0 Å². The lowest BCUT2D eigenvalue weighted by molar-refractivity contribution is 0.134. The number of hydrogen-bond acceptors (Lipinski definition) is 3. The summed E-state index contributed by atoms with van der Waals surface area (Å²) in [5.74, 6) is 0. The van der Waals surface area contributed by atoms with Crippen molar-refractivity contribution in [2.75, 3.05) is 7.11 Å². The van der Waals surface area contributed by atoms with Crippen LogP contribution in [0.15, 0.2) is 12.7 Å². The van der Waals surface area contributed by atoms with Crippen molar-refractivity contribution >= 4 is 10.0 Å². The largest absolute Gasteiger partial charge is 0.377 e. The molecule has 0 aliphatic carbocycles. The second-order valence-electron chi connectivity index (χ2n) is 2.65. The van der Waals surface area contributed by atoms with Gasteiger partial charge in [-0.05, 0) is 13.3 Å². The highest BCUT2D eigenvalue weighted by molar-refractivity contribution is 7.89. The number of sulfonamides is 1. The van der Waals surface area contributed by atoms with E-state index in [2.05, 4.69) is 6.58 Å². The van der Waals surface area contributed by atoms with Gasteiger partial charge in [-0.3, -0.25) is 0 Å². The summed E-state index contributed by atoms with van der Waals surface area (Å²) in [7, 11) is -1.94. The third kappa shape index (κ3) is 3.85. The molecule has 0 aromatic carbocycles. The van der Waals surface area contributed by atoms with Gasteiger partial charge in [0.25, 0.3) is 0 Å². The zero-order valence-electron chi connectivity index (χ0n) is 7.36. The Morgan fingerprint density at radius 1 is 1.67 bits per heavy atom. The maximum absolute atomic E-state index is 10.8. The molecule has 0 saturated carbocycles. The van der Waals surface area contributed by atoms with Crippen molar-refractivity contribution in [2.24, 2.45) is 5.14 Å². The summed E-state index contributed by atoms with van der Waals surface area (Å²) in [6.45, 7) is 5.05. The average Bonchev–Trinajstić information content (AvgIpc) is 1.97. The predicted molar refractivity (Wildman–Crippen MR) is 48.2 cm³/mol. The van der Waals surface area contributed by atoms with Crippen molar-refractivity contribution in [1.29, 1.82) is 0 Å². The first-order valence-electron chi connectivity index (χ1n) is 3.58. The molecule has 0 radical (unpaired) electrons. The lowest BCUT2D eigenvalue weighted by atomic mass is 10.2. The second-order valence-corrected chi connectivity index (χ2v) is 4.63. The Hall–Kier alpha value is -0.390. The summed E-state index contributed by atoms with van der Waals surface area (Å²) in [5, 5.41) is 4.32. The fourth-order valence-corrected chi connectivity index (χ4v) is 1.21. The number of rotatable bonds is 5. The molecule has 12 heavy (non-hydrogen) atoms. The van der Waals surface area contributed by atoms with Gasteiger partial charge in [0.15, 0.2) is 0 Å². The van der Waals surface area contributed by atoms with Crippen molar-refractivity contribution < 1.29 is 13.2 Å². The first-order chi connectivity index (χ1) is 5.41. The standard InChI is InChI=1S/C7H15NO3S/c1-4-7(11-3)5-6(2)12(8,9)10/h4,6-7H,1,5H2,2-3H3,(H2,8,9,10)/t6-,7+/m1/s1. The summed E-state index contributed by atoms with van der Waals surface area (Å²) >= 11 is 0. The molecule has 0 amide bonds. The van der Waals surface area contributed by atoms with Crippen LogP contribution in [-0.2, 0) is 14.8 Å². The molecular formula is C7H15NO3S. The minimum Gasteiger partial charge on any atom is -0.377 e. The van der Waals surface area contributed by atoms with Gasteiger partial charge in [0, 0.05) is 7.11 Å². The molecule has 0 heterocycles. The van der Waals surface area contributed by atoms with Crippen LogP contribution < -0.4 is 5.14 Å². The monoisotopic (exact) mass is 193 g/mol. The van der Waals surface area contributed by atoms with Crippen molar-refractivity contribution in [3.63, 3.8) is 0 Å². The fourth-order valence-electron chi connectivity index (χ4n) is 0.750. The summed E-state index contributed by atoms with van der Waals surface area (Å²) in [5.41, 5.74) is 0. The zero-order chi connectivity index (χ0) is 9.78. The third-order valence-corrected chi connectivity index (χ3v) is 3.00. The summed E-state index contributed by atoms with van der Waals surface area (Å²) in [6.07, 6.45) is 1.65. The Bertz CT molecular complexity index is 235. The highest BCUT2D eigenvalue weighted by Gasteiger charge is 2.18. The summed E-state index contributed by atoms with van der Waals surface area (Å²) in [6, 6.07) is 0. The maximum atomic E-state index is 10.8. The topological polar surface area (TPSA) is 69.4 Å². The third-order valence-electron chi connectivity index (χ3n) is 1.69. The number of primary sulfonamides is 1. The SMILES string of the molecule is C=C[C@@H](C[C@@H](C)S(N)(=O)=O)OC. The molecular weight excluding hydrogens is 178 g/mol. The van der Waals surface area contributed by atoms with E-state index in [9.17, 15) is 8.42 Å². The van der Waals surface area contributed by atoms with Gasteiger partial charge in [0.2, 0.25) is 10.0 Å². The van der Waals surface area contributed by atoms with Crippen LogP contribution in [0.4, 0.5) is 0 Å². The lowest BCUT2D eigenvalue weighted by Gasteiger charge is -2.14. The Labute approximate surface area is 73.5 Å². The molecule has 0 saturated heterocycles. The molecule has 0 aromatic rings. The van der Waals surface area contributed by atoms with E-state index in [1.165, 1.54) is 7.11 Å². The number of nitrogens with two attached hydrogens (primary N) is 1. The molecule has 0 unspecified atom stereocenters. The predicted octanol–water partition coefficient (Wildman–Crippen LogP) is 0.255. The van der Waals surface area contributed by atoms with Gasteiger partial charge < -0.3 is 4.74 Å². The first-order valence-corrected chi connectivity index (χ1v) is 5.19. The van der Waals surface area contributed by atoms with Crippen LogP contribution in [0.3, 0.4) is 0 Å². The van der Waals surface area contributed by atoms with E-state index < -0.39 is 15.3 Å². The van der Waals surface area contributed by atoms with E-state index >= 15 is 0 Å². The Kier molecular flexibility index (Phi) is 4.44. The molecule has 0 fully saturated rings. The molecule has 2 atom stereocenters. The lowest BCUT2D eigenvalue weighted by Crippen LogP contribution is -2.29. The van der Waals surface area contributed by atoms with Crippen LogP contribution in [0, 0.1) is 0 Å². The molecule has 2 N–H and O–H groups in total. The Morgan fingerprint density at radius 3 is 2.42 bits per heavy atom. The minimum atomic E-state index is -3.45. The summed E-state index contributed by atoms with van der Waals surface area (Å²) < 4.78 is 26.5. The second kappa shape index (κ2) is 4.59. The van der Waals surface area contributed by atoms with Crippen LogP contribution >= 0.6 is 0 Å². The van der Waals surface area contributed by atoms with Gasteiger partial charge in [0.1, 0.15) is 0 Å². The van der Waals surface area contributed by atoms with Gasteiger partial charge in [-0.25, -0.2) is 13.6 Å². The van der Waals surface area contributed by atoms with Crippen LogP contribution in [0.25, 0.3) is 0 Å². The molecule has 0 rings (SSSR count). The van der Waals surface area contributed by atoms with Gasteiger partial charge in [-0.15, -0.1) is 6.58 Å². The fraction of sp³-hybridized carbons (Fsp3) is 0.714. The molecule has 0 aromatic heterocycles. The highest BCUT2D eigenvalue weighted by atomic mass is 32.2. The molecule has 0 bridgehead atoms. The van der Waals surface area contributed by atoms with Gasteiger partial charge in [-0.1, -0.05) is 6.08 Å². The smallest absolute Gasteiger partial charge is 0.211 e. The Morgan fingerprint density at radius 2 is 2.17 bits per heavy atom. The Balaban J connectivity index is 4.17. The molecule has 0 spiro atoms. The number of hydrogen-bond donors (Lipinski definition) is 1. The summed E-state index contributed by atoms with van der Waals surface area (Å²) in [4.78, 5) is 0. The quantitative estimate of drug-likeness (QED) is 0.636. The van der Waals surface area contributed by atoms with E-state index in [-0.39, 0.29) is 6.10 Å². The van der Waals surface area contributed by atoms with Crippen LogP contribution in [0.1, 0.15) is 13.3 Å². The van der Waals surface area contributed by atoms with Crippen LogP contribution in [0.2, 0.25) is 0 Å². The number of ether oxygens (including phenoxy) is 1. The molecule has 0 aliphatic heterocycles. The number of methoxy groups -OCH3 is 1. The van der Waals surface area contributed by atoms with E-state index in [0.717, 1.165) is 0 Å².